The van der Waals surface area contributed by atoms with Gasteiger partial charge in [-0.05, 0) is 73.2 Å². The van der Waals surface area contributed by atoms with E-state index in [4.69, 9.17) is 21.1 Å². The molecule has 0 amide bonds. The van der Waals surface area contributed by atoms with E-state index in [9.17, 15) is 4.79 Å². The molecule has 0 heterocycles. The standard InChI is InChI=1S/C24H24ClNO3/c1-3-29-22-14-4-17(5-15-22)23(26-20-10-8-19(25)9-11-20)16-24(27)18-6-12-21(28-2)13-7-18/h4-15,23,26H,3,16H2,1-2H3. The van der Waals surface area contributed by atoms with Gasteiger partial charge in [0.05, 0.1) is 19.8 Å². The van der Waals surface area contributed by atoms with E-state index in [0.29, 0.717) is 23.6 Å². The lowest BCUT2D eigenvalue weighted by molar-refractivity contribution is 0.0976. The summed E-state index contributed by atoms with van der Waals surface area (Å²) in [5.41, 5.74) is 2.56. The molecule has 0 saturated heterocycles. The van der Waals surface area contributed by atoms with E-state index in [2.05, 4.69) is 5.32 Å². The molecule has 3 aromatic rings. The number of rotatable bonds is 9. The summed E-state index contributed by atoms with van der Waals surface area (Å²) in [6.07, 6.45) is 0.308. The fourth-order valence-corrected chi connectivity index (χ4v) is 3.17. The average Bonchev–Trinajstić information content (AvgIpc) is 2.75. The van der Waals surface area contributed by atoms with Crippen molar-refractivity contribution in [3.05, 3.63) is 88.9 Å². The van der Waals surface area contributed by atoms with Crippen LogP contribution in [0.15, 0.2) is 72.8 Å². The predicted octanol–water partition coefficient (Wildman–Crippen LogP) is 6.17. The van der Waals surface area contributed by atoms with E-state index in [1.807, 2.05) is 55.5 Å². The smallest absolute Gasteiger partial charge is 0.165 e. The van der Waals surface area contributed by atoms with Crippen molar-refractivity contribution < 1.29 is 14.3 Å². The maximum atomic E-state index is 12.9. The van der Waals surface area contributed by atoms with Crippen LogP contribution in [0.3, 0.4) is 0 Å². The Balaban J connectivity index is 1.82. The minimum absolute atomic E-state index is 0.0491. The molecule has 1 atom stereocenters. The largest absolute Gasteiger partial charge is 0.497 e. The molecule has 0 aromatic heterocycles. The molecule has 0 saturated carbocycles. The van der Waals surface area contributed by atoms with Gasteiger partial charge in [0.1, 0.15) is 11.5 Å². The summed E-state index contributed by atoms with van der Waals surface area (Å²) in [6.45, 7) is 2.56. The van der Waals surface area contributed by atoms with Gasteiger partial charge in [0.25, 0.3) is 0 Å². The fourth-order valence-electron chi connectivity index (χ4n) is 3.04. The first kappa shape index (κ1) is 20.7. The van der Waals surface area contributed by atoms with Gasteiger partial charge in [0.15, 0.2) is 5.78 Å². The van der Waals surface area contributed by atoms with E-state index >= 15 is 0 Å². The van der Waals surface area contributed by atoms with Crippen LogP contribution in [-0.2, 0) is 0 Å². The molecule has 1 N–H and O–H groups in total. The predicted molar refractivity (Wildman–Crippen MR) is 117 cm³/mol. The molecule has 5 heteroatoms. The fraction of sp³-hybridized carbons (Fsp3) is 0.208. The molecule has 0 bridgehead atoms. The maximum absolute atomic E-state index is 12.9. The van der Waals surface area contributed by atoms with Gasteiger partial charge in [-0.3, -0.25) is 4.79 Å². The van der Waals surface area contributed by atoms with Crippen molar-refractivity contribution in [2.45, 2.75) is 19.4 Å². The van der Waals surface area contributed by atoms with Crippen molar-refractivity contribution >= 4 is 23.1 Å². The zero-order chi connectivity index (χ0) is 20.6. The van der Waals surface area contributed by atoms with Gasteiger partial charge in [0.2, 0.25) is 0 Å². The summed E-state index contributed by atoms with van der Waals surface area (Å²) in [6, 6.07) is 22.3. The SMILES string of the molecule is CCOc1ccc(C(CC(=O)c2ccc(OC)cc2)Nc2ccc(Cl)cc2)cc1. The Morgan fingerprint density at radius 3 is 2.14 bits per heavy atom. The van der Waals surface area contributed by atoms with Crippen LogP contribution in [0.2, 0.25) is 5.02 Å². The highest BCUT2D eigenvalue weighted by molar-refractivity contribution is 6.30. The van der Waals surface area contributed by atoms with Crippen LogP contribution in [-0.4, -0.2) is 19.5 Å². The number of benzene rings is 3. The quantitative estimate of drug-likeness (QED) is 0.429. The number of hydrogen-bond acceptors (Lipinski definition) is 4. The highest BCUT2D eigenvalue weighted by Crippen LogP contribution is 2.27. The average molecular weight is 410 g/mol. The Kier molecular flexibility index (Phi) is 7.14. The molecule has 0 aliphatic rings. The number of nitrogens with one attached hydrogen (secondary N) is 1. The minimum atomic E-state index is -0.193. The van der Waals surface area contributed by atoms with Crippen molar-refractivity contribution in [3.8, 4) is 11.5 Å². The van der Waals surface area contributed by atoms with Crippen molar-refractivity contribution in [2.24, 2.45) is 0 Å². The van der Waals surface area contributed by atoms with Crippen molar-refractivity contribution in [1.29, 1.82) is 0 Å². The molecule has 3 aromatic carbocycles. The van der Waals surface area contributed by atoms with Crippen molar-refractivity contribution in [3.63, 3.8) is 0 Å². The Morgan fingerprint density at radius 1 is 0.931 bits per heavy atom. The molecule has 0 aliphatic carbocycles. The third-order valence-electron chi connectivity index (χ3n) is 4.58. The van der Waals surface area contributed by atoms with Crippen LogP contribution in [0.4, 0.5) is 5.69 Å². The normalized spacial score (nSPS) is 11.6. The second kappa shape index (κ2) is 9.99. The molecule has 150 valence electrons. The number of hydrogen-bond donors (Lipinski definition) is 1. The minimum Gasteiger partial charge on any atom is -0.497 e. The zero-order valence-electron chi connectivity index (χ0n) is 16.5. The van der Waals surface area contributed by atoms with Crippen LogP contribution < -0.4 is 14.8 Å². The Labute approximate surface area is 176 Å². The van der Waals surface area contributed by atoms with Crippen molar-refractivity contribution in [2.75, 3.05) is 19.0 Å². The molecule has 0 radical (unpaired) electrons. The van der Waals surface area contributed by atoms with E-state index in [-0.39, 0.29) is 11.8 Å². The van der Waals surface area contributed by atoms with Crippen LogP contribution in [0.5, 0.6) is 11.5 Å². The van der Waals surface area contributed by atoms with Crippen LogP contribution in [0.25, 0.3) is 0 Å². The number of carbonyl (C=O) groups is 1. The first-order chi connectivity index (χ1) is 14.1. The lowest BCUT2D eigenvalue weighted by atomic mass is 9.97. The Hall–Kier alpha value is -2.98. The third kappa shape index (κ3) is 5.75. The van der Waals surface area contributed by atoms with Gasteiger partial charge < -0.3 is 14.8 Å². The summed E-state index contributed by atoms with van der Waals surface area (Å²) >= 11 is 6.00. The number of ether oxygens (including phenoxy) is 2. The Bertz CT molecular complexity index is 922. The molecule has 3 rings (SSSR count). The lowest BCUT2D eigenvalue weighted by Gasteiger charge is -2.20. The summed E-state index contributed by atoms with van der Waals surface area (Å²) in [7, 11) is 1.61. The van der Waals surface area contributed by atoms with Gasteiger partial charge in [-0.1, -0.05) is 23.7 Å². The molecule has 0 spiro atoms. The van der Waals surface area contributed by atoms with E-state index in [1.54, 1.807) is 31.4 Å². The van der Waals surface area contributed by atoms with Crippen LogP contribution in [0, 0.1) is 0 Å². The zero-order valence-corrected chi connectivity index (χ0v) is 17.3. The number of Topliss-reactive ketones (excluding diaryl/α,β-unsaturated/α-hetero) is 1. The second-order valence-electron chi connectivity index (χ2n) is 6.56. The van der Waals surface area contributed by atoms with Gasteiger partial charge >= 0.3 is 0 Å². The third-order valence-corrected chi connectivity index (χ3v) is 4.83. The summed E-state index contributed by atoms with van der Waals surface area (Å²) < 4.78 is 10.7. The van der Waals surface area contributed by atoms with Gasteiger partial charge in [0, 0.05) is 22.7 Å². The first-order valence-corrected chi connectivity index (χ1v) is 9.89. The van der Waals surface area contributed by atoms with Gasteiger partial charge in [-0.25, -0.2) is 0 Å². The van der Waals surface area contributed by atoms with Crippen LogP contribution in [0.1, 0.15) is 35.3 Å². The Morgan fingerprint density at radius 2 is 1.55 bits per heavy atom. The van der Waals surface area contributed by atoms with Crippen molar-refractivity contribution in [1.82, 2.24) is 0 Å². The molecular formula is C24H24ClNO3. The highest BCUT2D eigenvalue weighted by atomic mass is 35.5. The number of ketones is 1. The summed E-state index contributed by atoms with van der Waals surface area (Å²) in [4.78, 5) is 12.9. The van der Waals surface area contributed by atoms with Gasteiger partial charge in [-0.2, -0.15) is 0 Å². The number of methoxy groups -OCH3 is 1. The van der Waals surface area contributed by atoms with Crippen LogP contribution >= 0.6 is 11.6 Å². The van der Waals surface area contributed by atoms with E-state index in [1.165, 1.54) is 0 Å². The molecule has 4 nitrogen and oxygen atoms in total. The number of carbonyl (C=O) groups excluding carboxylic acids is 1. The molecule has 0 fully saturated rings. The van der Waals surface area contributed by atoms with Gasteiger partial charge in [-0.15, -0.1) is 0 Å². The second-order valence-corrected chi connectivity index (χ2v) is 7.00. The molecule has 29 heavy (non-hydrogen) atoms. The molecular weight excluding hydrogens is 386 g/mol. The summed E-state index contributed by atoms with van der Waals surface area (Å²) in [5.74, 6) is 1.58. The lowest BCUT2D eigenvalue weighted by Crippen LogP contribution is -2.16. The van der Waals surface area contributed by atoms with E-state index < -0.39 is 0 Å². The number of halogens is 1. The summed E-state index contributed by atoms with van der Waals surface area (Å²) in [5, 5.41) is 4.12. The molecule has 1 unspecified atom stereocenters. The van der Waals surface area contributed by atoms with E-state index in [0.717, 1.165) is 22.7 Å². The molecule has 0 aliphatic heterocycles. The maximum Gasteiger partial charge on any atom is 0.165 e. The first-order valence-electron chi connectivity index (χ1n) is 9.51. The highest BCUT2D eigenvalue weighted by Gasteiger charge is 2.18. The topological polar surface area (TPSA) is 47.6 Å². The number of anilines is 1. The monoisotopic (exact) mass is 409 g/mol.